The lowest BCUT2D eigenvalue weighted by Gasteiger charge is -2.27. The van der Waals surface area contributed by atoms with Crippen LogP contribution in [-0.2, 0) is 10.0 Å². The highest BCUT2D eigenvalue weighted by Gasteiger charge is 2.23. The molecule has 1 fully saturated rings. The minimum atomic E-state index is -3.70. The van der Waals surface area contributed by atoms with Crippen LogP contribution in [0.5, 0.6) is 0 Å². The molecule has 6 heteroatoms. The summed E-state index contributed by atoms with van der Waals surface area (Å²) in [6.07, 6.45) is 6.86. The Labute approximate surface area is 167 Å². The number of aryl methyl sites for hydroxylation is 1. The van der Waals surface area contributed by atoms with Crippen LogP contribution in [0.2, 0.25) is 0 Å². The Kier molecular flexibility index (Phi) is 6.39. The summed E-state index contributed by atoms with van der Waals surface area (Å²) in [6.45, 7) is 1.85. The zero-order valence-electron chi connectivity index (χ0n) is 16.5. The van der Waals surface area contributed by atoms with E-state index in [1.807, 2.05) is 31.0 Å². The lowest BCUT2D eigenvalue weighted by molar-refractivity contribution is 0.0717. The minimum Gasteiger partial charge on any atom is -0.339 e. The number of nitrogens with zero attached hydrogens (tertiary/aromatic N) is 1. The predicted molar refractivity (Wildman–Crippen MR) is 112 cm³/mol. The number of hydrogen-bond acceptors (Lipinski definition) is 3. The van der Waals surface area contributed by atoms with Gasteiger partial charge in [-0.2, -0.15) is 0 Å². The van der Waals surface area contributed by atoms with Gasteiger partial charge in [-0.05, 0) is 55.7 Å². The van der Waals surface area contributed by atoms with Crippen molar-refractivity contribution in [2.24, 2.45) is 0 Å². The van der Waals surface area contributed by atoms with E-state index >= 15 is 0 Å². The molecule has 2 aromatic rings. The van der Waals surface area contributed by atoms with Gasteiger partial charge in [0.2, 0.25) is 0 Å². The van der Waals surface area contributed by atoms with Crippen LogP contribution in [-0.4, -0.2) is 32.3 Å². The summed E-state index contributed by atoms with van der Waals surface area (Å²) in [5, 5.41) is 0. The second-order valence-corrected chi connectivity index (χ2v) is 9.19. The number of anilines is 1. The summed E-state index contributed by atoms with van der Waals surface area (Å²) in [7, 11) is -1.85. The third kappa shape index (κ3) is 4.73. The number of sulfonamides is 1. The molecule has 1 aliphatic rings. The summed E-state index contributed by atoms with van der Waals surface area (Å²) >= 11 is 0. The molecule has 0 heterocycles. The van der Waals surface area contributed by atoms with E-state index in [4.69, 9.17) is 0 Å². The Morgan fingerprint density at radius 1 is 0.964 bits per heavy atom. The summed E-state index contributed by atoms with van der Waals surface area (Å²) in [4.78, 5) is 14.8. The molecule has 0 aromatic heterocycles. The number of amides is 1. The largest absolute Gasteiger partial charge is 0.339 e. The highest BCUT2D eigenvalue weighted by molar-refractivity contribution is 7.92. The first-order valence-corrected chi connectivity index (χ1v) is 11.3. The first-order valence-electron chi connectivity index (χ1n) is 9.84. The van der Waals surface area contributed by atoms with Gasteiger partial charge in [0.05, 0.1) is 10.6 Å². The molecule has 0 aliphatic heterocycles. The number of rotatable bonds is 5. The third-order valence-electron chi connectivity index (χ3n) is 5.49. The average molecular weight is 401 g/mol. The van der Waals surface area contributed by atoms with Gasteiger partial charge >= 0.3 is 0 Å². The molecule has 1 amide bonds. The quantitative estimate of drug-likeness (QED) is 0.747. The van der Waals surface area contributed by atoms with Crippen molar-refractivity contribution in [3.05, 3.63) is 59.7 Å². The molecule has 28 heavy (non-hydrogen) atoms. The molecule has 0 atom stereocenters. The zero-order valence-corrected chi connectivity index (χ0v) is 17.3. The Morgan fingerprint density at radius 3 is 2.18 bits per heavy atom. The van der Waals surface area contributed by atoms with Crippen molar-refractivity contribution in [1.82, 2.24) is 4.90 Å². The molecule has 0 bridgehead atoms. The molecular formula is C22H28N2O3S. The van der Waals surface area contributed by atoms with Crippen LogP contribution in [0.4, 0.5) is 5.69 Å². The van der Waals surface area contributed by atoms with E-state index in [1.165, 1.54) is 25.0 Å². The molecule has 3 rings (SSSR count). The van der Waals surface area contributed by atoms with Gasteiger partial charge < -0.3 is 4.90 Å². The maximum absolute atomic E-state index is 12.8. The number of carbonyl (C=O) groups is 1. The second-order valence-electron chi connectivity index (χ2n) is 7.51. The molecule has 0 saturated heterocycles. The van der Waals surface area contributed by atoms with Crippen molar-refractivity contribution >= 4 is 21.6 Å². The molecule has 1 saturated carbocycles. The Hall–Kier alpha value is -2.34. The normalized spacial score (nSPS) is 15.6. The molecular weight excluding hydrogens is 372 g/mol. The fraction of sp³-hybridized carbons (Fsp3) is 0.409. The smallest absolute Gasteiger partial charge is 0.261 e. The number of nitrogens with one attached hydrogen (secondary N) is 1. The van der Waals surface area contributed by atoms with Crippen molar-refractivity contribution in [2.45, 2.75) is 56.4 Å². The number of para-hydroxylation sites is 1. The highest BCUT2D eigenvalue weighted by Crippen LogP contribution is 2.23. The van der Waals surface area contributed by atoms with Crippen molar-refractivity contribution in [3.63, 3.8) is 0 Å². The van der Waals surface area contributed by atoms with E-state index in [0.717, 1.165) is 31.2 Å². The Bertz CT molecular complexity index is 915. The van der Waals surface area contributed by atoms with E-state index in [9.17, 15) is 13.2 Å². The van der Waals surface area contributed by atoms with Crippen molar-refractivity contribution in [2.75, 3.05) is 11.8 Å². The van der Waals surface area contributed by atoms with Gasteiger partial charge in [0.25, 0.3) is 15.9 Å². The summed E-state index contributed by atoms with van der Waals surface area (Å²) in [5.41, 5.74) is 1.92. The van der Waals surface area contributed by atoms with E-state index in [2.05, 4.69) is 4.72 Å². The van der Waals surface area contributed by atoms with E-state index < -0.39 is 10.0 Å². The van der Waals surface area contributed by atoms with Crippen LogP contribution in [0, 0.1) is 6.92 Å². The Balaban J connectivity index is 1.73. The fourth-order valence-corrected chi connectivity index (χ4v) is 4.81. The van der Waals surface area contributed by atoms with Gasteiger partial charge in [-0.25, -0.2) is 8.42 Å². The topological polar surface area (TPSA) is 66.5 Å². The van der Waals surface area contributed by atoms with Crippen LogP contribution < -0.4 is 4.72 Å². The third-order valence-corrected chi connectivity index (χ3v) is 6.88. The first kappa shape index (κ1) is 20.4. The lowest BCUT2D eigenvalue weighted by atomic mass is 10.1. The lowest BCUT2D eigenvalue weighted by Crippen LogP contribution is -2.36. The van der Waals surface area contributed by atoms with Gasteiger partial charge in [-0.15, -0.1) is 0 Å². The number of hydrogen-bond donors (Lipinski definition) is 1. The van der Waals surface area contributed by atoms with Gasteiger partial charge in [0, 0.05) is 18.7 Å². The van der Waals surface area contributed by atoms with E-state index in [0.29, 0.717) is 11.3 Å². The van der Waals surface area contributed by atoms with Gasteiger partial charge in [-0.1, -0.05) is 43.9 Å². The molecule has 0 radical (unpaired) electrons. The van der Waals surface area contributed by atoms with Crippen LogP contribution >= 0.6 is 0 Å². The van der Waals surface area contributed by atoms with Gasteiger partial charge in [0.15, 0.2) is 0 Å². The summed E-state index contributed by atoms with van der Waals surface area (Å²) < 4.78 is 27.9. The van der Waals surface area contributed by atoms with Crippen molar-refractivity contribution < 1.29 is 13.2 Å². The van der Waals surface area contributed by atoms with E-state index in [-0.39, 0.29) is 16.8 Å². The maximum Gasteiger partial charge on any atom is 0.261 e. The minimum absolute atomic E-state index is 0.0530. The average Bonchev–Trinajstić information content (AvgIpc) is 2.98. The summed E-state index contributed by atoms with van der Waals surface area (Å²) in [6, 6.07) is 13.7. The van der Waals surface area contributed by atoms with Crippen LogP contribution in [0.3, 0.4) is 0 Å². The van der Waals surface area contributed by atoms with Crippen molar-refractivity contribution in [3.8, 4) is 0 Å². The van der Waals surface area contributed by atoms with E-state index in [1.54, 1.807) is 24.3 Å². The van der Waals surface area contributed by atoms with Crippen LogP contribution in [0.15, 0.2) is 53.4 Å². The summed E-state index contributed by atoms with van der Waals surface area (Å²) in [5.74, 6) is -0.0530. The number of benzene rings is 2. The number of carbonyl (C=O) groups excluding carboxylic acids is 1. The molecule has 2 aromatic carbocycles. The highest BCUT2D eigenvalue weighted by atomic mass is 32.2. The predicted octanol–water partition coefficient (Wildman–Crippen LogP) is 4.59. The fourth-order valence-electron chi connectivity index (χ4n) is 3.68. The SMILES string of the molecule is Cc1ccccc1NS(=O)(=O)c1ccc(C(=O)N(C)C2CCCCCC2)cc1. The molecule has 1 aliphatic carbocycles. The second kappa shape index (κ2) is 8.78. The Morgan fingerprint density at radius 2 is 1.57 bits per heavy atom. The molecule has 150 valence electrons. The maximum atomic E-state index is 12.8. The van der Waals surface area contributed by atoms with Gasteiger partial charge in [-0.3, -0.25) is 9.52 Å². The van der Waals surface area contributed by atoms with Gasteiger partial charge in [0.1, 0.15) is 0 Å². The van der Waals surface area contributed by atoms with Crippen LogP contribution in [0.25, 0.3) is 0 Å². The van der Waals surface area contributed by atoms with Crippen LogP contribution in [0.1, 0.15) is 54.4 Å². The first-order chi connectivity index (χ1) is 13.4. The molecule has 1 N–H and O–H groups in total. The molecule has 0 spiro atoms. The van der Waals surface area contributed by atoms with Crippen molar-refractivity contribution in [1.29, 1.82) is 0 Å². The molecule has 5 nitrogen and oxygen atoms in total. The standard InChI is InChI=1S/C22H28N2O3S/c1-17-9-7-8-12-21(17)23-28(26,27)20-15-13-18(14-16-20)22(25)24(2)19-10-5-3-4-6-11-19/h7-9,12-16,19,23H,3-6,10-11H2,1-2H3. The zero-order chi connectivity index (χ0) is 20.1. The monoisotopic (exact) mass is 400 g/mol. The molecule has 0 unspecified atom stereocenters.